The van der Waals surface area contributed by atoms with Crippen molar-refractivity contribution in [2.24, 2.45) is 5.92 Å². The summed E-state index contributed by atoms with van der Waals surface area (Å²) < 4.78 is 0. The lowest BCUT2D eigenvalue weighted by Crippen LogP contribution is -2.45. The molecule has 3 rings (SSSR count). The first-order chi connectivity index (χ1) is 12.0. The number of para-hydroxylation sites is 2. The van der Waals surface area contributed by atoms with Crippen LogP contribution in [0.4, 0.5) is 5.69 Å². The molecule has 0 saturated carbocycles. The van der Waals surface area contributed by atoms with E-state index < -0.39 is 6.04 Å². The topological polar surface area (TPSA) is 69.6 Å². The highest BCUT2D eigenvalue weighted by Gasteiger charge is 2.36. The van der Waals surface area contributed by atoms with E-state index >= 15 is 0 Å². The van der Waals surface area contributed by atoms with Gasteiger partial charge in [-0.1, -0.05) is 44.2 Å². The number of phenols is 1. The SMILES string of the molecule is CC(C)C[C@@H](C(=O)Nc1ccccc1O)N1Cc2ccccc2C1=O. The van der Waals surface area contributed by atoms with E-state index in [2.05, 4.69) is 5.32 Å². The van der Waals surface area contributed by atoms with Gasteiger partial charge in [0.15, 0.2) is 0 Å². The molecule has 0 spiro atoms. The number of nitrogens with one attached hydrogen (secondary N) is 1. The van der Waals surface area contributed by atoms with Crippen molar-refractivity contribution in [1.82, 2.24) is 4.90 Å². The second-order valence-electron chi connectivity index (χ2n) is 6.74. The fraction of sp³-hybridized carbons (Fsp3) is 0.300. The van der Waals surface area contributed by atoms with Gasteiger partial charge in [0.2, 0.25) is 5.91 Å². The van der Waals surface area contributed by atoms with E-state index in [0.717, 1.165) is 5.56 Å². The van der Waals surface area contributed by atoms with Gasteiger partial charge < -0.3 is 15.3 Å². The third kappa shape index (κ3) is 3.50. The van der Waals surface area contributed by atoms with E-state index in [4.69, 9.17) is 0 Å². The van der Waals surface area contributed by atoms with Crippen LogP contribution in [0.5, 0.6) is 5.75 Å². The molecule has 2 aromatic rings. The van der Waals surface area contributed by atoms with Gasteiger partial charge in [-0.2, -0.15) is 0 Å². The molecule has 25 heavy (non-hydrogen) atoms. The number of phenolic OH excluding ortho intramolecular Hbond substituents is 1. The van der Waals surface area contributed by atoms with Crippen molar-refractivity contribution < 1.29 is 14.7 Å². The molecule has 2 amide bonds. The molecule has 1 atom stereocenters. The Balaban J connectivity index is 1.84. The van der Waals surface area contributed by atoms with E-state index in [1.807, 2.05) is 32.0 Å². The Morgan fingerprint density at radius 1 is 1.16 bits per heavy atom. The maximum atomic E-state index is 12.9. The third-order valence-electron chi connectivity index (χ3n) is 4.38. The summed E-state index contributed by atoms with van der Waals surface area (Å²) in [6.07, 6.45) is 0.555. The molecule has 0 unspecified atom stereocenters. The number of rotatable bonds is 5. The lowest BCUT2D eigenvalue weighted by molar-refractivity contribution is -0.121. The van der Waals surface area contributed by atoms with Crippen LogP contribution in [0, 0.1) is 5.92 Å². The molecule has 0 bridgehead atoms. The van der Waals surface area contributed by atoms with E-state index in [0.29, 0.717) is 24.2 Å². The zero-order chi connectivity index (χ0) is 18.0. The zero-order valence-corrected chi connectivity index (χ0v) is 14.4. The maximum absolute atomic E-state index is 12.9. The van der Waals surface area contributed by atoms with Crippen LogP contribution in [-0.2, 0) is 11.3 Å². The second kappa shape index (κ2) is 6.97. The molecule has 5 heteroatoms. The molecule has 0 saturated heterocycles. The number of carbonyl (C=O) groups excluding carboxylic acids is 2. The van der Waals surface area contributed by atoms with Gasteiger partial charge in [0.05, 0.1) is 5.69 Å². The van der Waals surface area contributed by atoms with Gasteiger partial charge >= 0.3 is 0 Å². The molecule has 0 aliphatic carbocycles. The Hall–Kier alpha value is -2.82. The van der Waals surface area contributed by atoms with Crippen molar-refractivity contribution in [2.75, 3.05) is 5.32 Å². The minimum Gasteiger partial charge on any atom is -0.506 e. The first kappa shape index (κ1) is 17.0. The van der Waals surface area contributed by atoms with Gasteiger partial charge in [0.1, 0.15) is 11.8 Å². The smallest absolute Gasteiger partial charge is 0.255 e. The Labute approximate surface area is 147 Å². The van der Waals surface area contributed by atoms with Crippen molar-refractivity contribution in [3.63, 3.8) is 0 Å². The van der Waals surface area contributed by atoms with Crippen LogP contribution >= 0.6 is 0 Å². The molecular weight excluding hydrogens is 316 g/mol. The molecule has 5 nitrogen and oxygen atoms in total. The van der Waals surface area contributed by atoms with E-state index in [1.54, 1.807) is 29.2 Å². The average molecular weight is 338 g/mol. The lowest BCUT2D eigenvalue weighted by Gasteiger charge is -2.28. The fourth-order valence-corrected chi connectivity index (χ4v) is 3.15. The molecule has 2 aromatic carbocycles. The minimum atomic E-state index is -0.584. The summed E-state index contributed by atoms with van der Waals surface area (Å²) in [7, 11) is 0. The molecular formula is C20H22N2O3. The van der Waals surface area contributed by atoms with Crippen LogP contribution in [0.1, 0.15) is 36.2 Å². The Bertz CT molecular complexity index is 801. The Morgan fingerprint density at radius 3 is 2.52 bits per heavy atom. The highest BCUT2D eigenvalue weighted by atomic mass is 16.3. The number of hydrogen-bond acceptors (Lipinski definition) is 3. The standard InChI is InChI=1S/C20H22N2O3/c1-13(2)11-17(19(24)21-16-9-5-6-10-18(16)23)22-12-14-7-3-4-8-15(14)20(22)25/h3-10,13,17,23H,11-12H2,1-2H3,(H,21,24)/t17-/m0/s1. The van der Waals surface area contributed by atoms with Gasteiger partial charge in [-0.25, -0.2) is 0 Å². The van der Waals surface area contributed by atoms with E-state index in [9.17, 15) is 14.7 Å². The molecule has 1 aliphatic heterocycles. The molecule has 1 aliphatic rings. The number of amides is 2. The Kier molecular flexibility index (Phi) is 4.74. The number of hydrogen-bond donors (Lipinski definition) is 2. The first-order valence-electron chi connectivity index (χ1n) is 8.45. The highest BCUT2D eigenvalue weighted by molar-refractivity contribution is 6.03. The molecule has 0 fully saturated rings. The second-order valence-corrected chi connectivity index (χ2v) is 6.74. The summed E-state index contributed by atoms with van der Waals surface area (Å²) in [6.45, 7) is 4.47. The summed E-state index contributed by atoms with van der Waals surface area (Å²) >= 11 is 0. The molecule has 0 radical (unpaired) electrons. The molecule has 2 N–H and O–H groups in total. The number of fused-ring (bicyclic) bond motifs is 1. The summed E-state index contributed by atoms with van der Waals surface area (Å²) in [6, 6.07) is 13.4. The summed E-state index contributed by atoms with van der Waals surface area (Å²) in [5.41, 5.74) is 1.95. The van der Waals surface area contributed by atoms with Crippen LogP contribution < -0.4 is 5.32 Å². The summed E-state index contributed by atoms with van der Waals surface area (Å²) in [4.78, 5) is 27.2. The number of aromatic hydroxyl groups is 1. The Morgan fingerprint density at radius 2 is 1.84 bits per heavy atom. The third-order valence-corrected chi connectivity index (χ3v) is 4.38. The minimum absolute atomic E-state index is 0.00943. The van der Waals surface area contributed by atoms with Gasteiger partial charge in [0, 0.05) is 12.1 Å². The van der Waals surface area contributed by atoms with Crippen LogP contribution in [0.15, 0.2) is 48.5 Å². The molecule has 130 valence electrons. The summed E-state index contributed by atoms with van der Waals surface area (Å²) in [5, 5.41) is 12.6. The van der Waals surface area contributed by atoms with Crippen molar-refractivity contribution >= 4 is 17.5 Å². The van der Waals surface area contributed by atoms with Crippen molar-refractivity contribution in [1.29, 1.82) is 0 Å². The van der Waals surface area contributed by atoms with Gasteiger partial charge in [0.25, 0.3) is 5.91 Å². The largest absolute Gasteiger partial charge is 0.506 e. The zero-order valence-electron chi connectivity index (χ0n) is 14.4. The number of nitrogens with zero attached hydrogens (tertiary/aromatic N) is 1. The maximum Gasteiger partial charge on any atom is 0.255 e. The number of carbonyl (C=O) groups is 2. The van der Waals surface area contributed by atoms with Crippen molar-refractivity contribution in [2.45, 2.75) is 32.9 Å². The van der Waals surface area contributed by atoms with Crippen LogP contribution in [0.3, 0.4) is 0 Å². The van der Waals surface area contributed by atoms with E-state index in [1.165, 1.54) is 6.07 Å². The van der Waals surface area contributed by atoms with Gasteiger partial charge in [-0.3, -0.25) is 9.59 Å². The predicted octanol–water partition coefficient (Wildman–Crippen LogP) is 3.40. The van der Waals surface area contributed by atoms with Gasteiger partial charge in [-0.05, 0) is 36.1 Å². The lowest BCUT2D eigenvalue weighted by atomic mass is 10.0. The quantitative estimate of drug-likeness (QED) is 0.821. The number of anilines is 1. The van der Waals surface area contributed by atoms with Crippen LogP contribution in [-0.4, -0.2) is 27.9 Å². The monoisotopic (exact) mass is 338 g/mol. The molecule has 0 aromatic heterocycles. The van der Waals surface area contributed by atoms with Crippen molar-refractivity contribution in [3.8, 4) is 5.75 Å². The average Bonchev–Trinajstić information content (AvgIpc) is 2.91. The summed E-state index contributed by atoms with van der Waals surface area (Å²) in [5.74, 6) is -0.142. The van der Waals surface area contributed by atoms with Gasteiger partial charge in [-0.15, -0.1) is 0 Å². The predicted molar refractivity (Wildman–Crippen MR) is 96.3 cm³/mol. The fourth-order valence-electron chi connectivity index (χ4n) is 3.15. The highest BCUT2D eigenvalue weighted by Crippen LogP contribution is 2.28. The molecule has 1 heterocycles. The van der Waals surface area contributed by atoms with Crippen molar-refractivity contribution in [3.05, 3.63) is 59.7 Å². The van der Waals surface area contributed by atoms with Crippen LogP contribution in [0.2, 0.25) is 0 Å². The number of benzene rings is 2. The van der Waals surface area contributed by atoms with Crippen LogP contribution in [0.25, 0.3) is 0 Å². The van der Waals surface area contributed by atoms with E-state index in [-0.39, 0.29) is 23.5 Å². The normalized spacial score (nSPS) is 14.5. The first-order valence-corrected chi connectivity index (χ1v) is 8.45.